The summed E-state index contributed by atoms with van der Waals surface area (Å²) in [6.45, 7) is 7.81. The second kappa shape index (κ2) is 6.32. The van der Waals surface area contributed by atoms with Crippen LogP contribution in [0.25, 0.3) is 11.2 Å². The van der Waals surface area contributed by atoms with Crippen LogP contribution in [-0.2, 0) is 0 Å². The summed E-state index contributed by atoms with van der Waals surface area (Å²) in [6, 6.07) is 4.28. The lowest BCUT2D eigenvalue weighted by Crippen LogP contribution is -2.47. The fraction of sp³-hybridized carbons (Fsp3) is 0.533. The molecule has 1 fully saturated rings. The Morgan fingerprint density at radius 2 is 1.90 bits per heavy atom. The summed E-state index contributed by atoms with van der Waals surface area (Å²) in [5.41, 5.74) is 1.52. The zero-order chi connectivity index (χ0) is 14.7. The number of nitrogens with one attached hydrogen (secondary N) is 1. The lowest BCUT2D eigenvalue weighted by molar-refractivity contribution is 0.151. The highest BCUT2D eigenvalue weighted by Gasteiger charge is 2.16. The predicted octanol–water partition coefficient (Wildman–Crippen LogP) is 1.07. The Labute approximate surface area is 125 Å². The molecule has 1 saturated heterocycles. The molecule has 0 saturated carbocycles. The van der Waals surface area contributed by atoms with E-state index in [2.05, 4.69) is 44.0 Å². The largest absolute Gasteiger partial charge is 0.366 e. The molecule has 2 aromatic rings. The topological polar surface area (TPSA) is 57.2 Å². The van der Waals surface area contributed by atoms with Gasteiger partial charge in [0.2, 0.25) is 0 Å². The van der Waals surface area contributed by atoms with Gasteiger partial charge in [-0.15, -0.1) is 0 Å². The molecule has 1 aliphatic rings. The molecule has 0 aromatic carbocycles. The Bertz CT molecular complexity index is 593. The summed E-state index contributed by atoms with van der Waals surface area (Å²) in [6.07, 6.45) is 3.36. The van der Waals surface area contributed by atoms with Crippen molar-refractivity contribution in [1.29, 1.82) is 0 Å². The van der Waals surface area contributed by atoms with E-state index in [1.807, 2.05) is 12.1 Å². The van der Waals surface area contributed by atoms with E-state index >= 15 is 0 Å². The Balaban J connectivity index is 1.59. The van der Waals surface area contributed by atoms with Crippen molar-refractivity contribution in [3.05, 3.63) is 24.5 Å². The van der Waals surface area contributed by atoms with Crippen LogP contribution in [0.3, 0.4) is 0 Å². The smallest absolute Gasteiger partial charge is 0.180 e. The second-order valence-corrected chi connectivity index (χ2v) is 5.74. The molecular formula is C15H22N6. The van der Waals surface area contributed by atoms with Crippen molar-refractivity contribution in [2.24, 2.45) is 0 Å². The van der Waals surface area contributed by atoms with E-state index in [0.717, 1.165) is 44.1 Å². The maximum Gasteiger partial charge on any atom is 0.180 e. The fourth-order valence-electron chi connectivity index (χ4n) is 2.65. The van der Waals surface area contributed by atoms with Crippen LogP contribution in [0.2, 0.25) is 0 Å². The van der Waals surface area contributed by atoms with Gasteiger partial charge in [-0.25, -0.2) is 9.97 Å². The molecule has 0 amide bonds. The average molecular weight is 286 g/mol. The molecule has 6 heteroatoms. The molecular weight excluding hydrogens is 264 g/mol. The molecule has 1 unspecified atom stereocenters. The summed E-state index contributed by atoms with van der Waals surface area (Å²) in [5.74, 6) is 0.865. The van der Waals surface area contributed by atoms with Crippen LogP contribution < -0.4 is 5.32 Å². The minimum Gasteiger partial charge on any atom is -0.366 e. The lowest BCUT2D eigenvalue weighted by Gasteiger charge is -2.34. The van der Waals surface area contributed by atoms with Crippen LogP contribution in [0, 0.1) is 0 Å². The maximum atomic E-state index is 4.51. The minimum absolute atomic E-state index is 0.357. The highest BCUT2D eigenvalue weighted by Crippen LogP contribution is 2.11. The summed E-state index contributed by atoms with van der Waals surface area (Å²) >= 11 is 0. The third kappa shape index (κ3) is 3.65. The zero-order valence-corrected chi connectivity index (χ0v) is 12.7. The van der Waals surface area contributed by atoms with E-state index in [0.29, 0.717) is 11.7 Å². The number of hydrogen-bond acceptors (Lipinski definition) is 6. The molecule has 3 heterocycles. The van der Waals surface area contributed by atoms with E-state index < -0.39 is 0 Å². The standard InChI is InChI=1S/C15H22N6/c1-12(11-21-9-7-20(2)8-10-21)18-14-4-3-13-15(19-14)17-6-5-16-13/h3-6,12H,7-11H2,1-2H3,(H,17,18,19). The van der Waals surface area contributed by atoms with Crippen LogP contribution in [-0.4, -0.2) is 70.6 Å². The van der Waals surface area contributed by atoms with Gasteiger partial charge in [-0.2, -0.15) is 0 Å². The first-order chi connectivity index (χ1) is 10.2. The number of anilines is 1. The molecule has 0 bridgehead atoms. The van der Waals surface area contributed by atoms with Crippen molar-refractivity contribution < 1.29 is 0 Å². The van der Waals surface area contributed by atoms with E-state index in [1.54, 1.807) is 12.4 Å². The molecule has 0 radical (unpaired) electrons. The number of pyridine rings is 1. The van der Waals surface area contributed by atoms with Crippen LogP contribution in [0.4, 0.5) is 5.82 Å². The van der Waals surface area contributed by atoms with E-state index in [4.69, 9.17) is 0 Å². The number of hydrogen-bond donors (Lipinski definition) is 1. The van der Waals surface area contributed by atoms with E-state index in [-0.39, 0.29) is 0 Å². The van der Waals surface area contributed by atoms with Gasteiger partial charge in [0.1, 0.15) is 11.3 Å². The molecule has 0 aliphatic carbocycles. The Hall–Kier alpha value is -1.79. The van der Waals surface area contributed by atoms with Crippen molar-refractivity contribution in [3.8, 4) is 0 Å². The fourth-order valence-corrected chi connectivity index (χ4v) is 2.65. The van der Waals surface area contributed by atoms with Gasteiger partial charge in [0.25, 0.3) is 0 Å². The van der Waals surface area contributed by atoms with Gasteiger partial charge in [-0.3, -0.25) is 9.88 Å². The molecule has 21 heavy (non-hydrogen) atoms. The van der Waals surface area contributed by atoms with Crippen LogP contribution in [0.15, 0.2) is 24.5 Å². The third-order valence-corrected chi connectivity index (χ3v) is 3.85. The third-order valence-electron chi connectivity index (χ3n) is 3.85. The quantitative estimate of drug-likeness (QED) is 0.907. The molecule has 2 aromatic heterocycles. The summed E-state index contributed by atoms with van der Waals surface area (Å²) in [4.78, 5) is 17.9. The zero-order valence-electron chi connectivity index (χ0n) is 12.7. The first kappa shape index (κ1) is 14.2. The summed E-state index contributed by atoms with van der Waals surface area (Å²) in [5, 5.41) is 3.46. The van der Waals surface area contributed by atoms with Gasteiger partial charge in [0.05, 0.1) is 0 Å². The lowest BCUT2D eigenvalue weighted by atomic mass is 10.2. The molecule has 1 N–H and O–H groups in total. The monoisotopic (exact) mass is 286 g/mol. The SMILES string of the molecule is CC(CN1CCN(C)CC1)Nc1ccc2nccnc2n1. The average Bonchev–Trinajstić information content (AvgIpc) is 2.49. The highest BCUT2D eigenvalue weighted by molar-refractivity contribution is 5.71. The number of piperazine rings is 1. The van der Waals surface area contributed by atoms with Crippen LogP contribution in [0.1, 0.15) is 6.92 Å². The van der Waals surface area contributed by atoms with Gasteiger partial charge in [-0.05, 0) is 26.1 Å². The first-order valence-corrected chi connectivity index (χ1v) is 7.46. The molecule has 0 spiro atoms. The number of likely N-dealkylation sites (N-methyl/N-ethyl adjacent to an activating group) is 1. The first-order valence-electron chi connectivity index (χ1n) is 7.46. The van der Waals surface area contributed by atoms with Crippen molar-refractivity contribution in [1.82, 2.24) is 24.8 Å². The van der Waals surface area contributed by atoms with Gasteiger partial charge < -0.3 is 10.2 Å². The van der Waals surface area contributed by atoms with Crippen LogP contribution in [0.5, 0.6) is 0 Å². The second-order valence-electron chi connectivity index (χ2n) is 5.74. The number of rotatable bonds is 4. The predicted molar refractivity (Wildman–Crippen MR) is 84.4 cm³/mol. The minimum atomic E-state index is 0.357. The Morgan fingerprint density at radius 3 is 2.71 bits per heavy atom. The molecule has 1 aliphatic heterocycles. The Kier molecular flexibility index (Phi) is 4.26. The summed E-state index contributed by atoms with van der Waals surface area (Å²) < 4.78 is 0. The van der Waals surface area contributed by atoms with Crippen molar-refractivity contribution >= 4 is 17.0 Å². The van der Waals surface area contributed by atoms with Crippen molar-refractivity contribution in [2.45, 2.75) is 13.0 Å². The number of aromatic nitrogens is 3. The van der Waals surface area contributed by atoms with E-state index in [9.17, 15) is 0 Å². The molecule has 112 valence electrons. The van der Waals surface area contributed by atoms with Crippen molar-refractivity contribution in [3.63, 3.8) is 0 Å². The van der Waals surface area contributed by atoms with Gasteiger partial charge >= 0.3 is 0 Å². The van der Waals surface area contributed by atoms with E-state index in [1.165, 1.54) is 0 Å². The highest BCUT2D eigenvalue weighted by atomic mass is 15.3. The van der Waals surface area contributed by atoms with Gasteiger partial charge in [-0.1, -0.05) is 0 Å². The van der Waals surface area contributed by atoms with Crippen molar-refractivity contribution in [2.75, 3.05) is 45.1 Å². The molecule has 3 rings (SSSR count). The van der Waals surface area contributed by atoms with Crippen LogP contribution >= 0.6 is 0 Å². The normalized spacial score (nSPS) is 18.8. The molecule has 6 nitrogen and oxygen atoms in total. The summed E-state index contributed by atoms with van der Waals surface area (Å²) in [7, 11) is 2.18. The number of nitrogens with zero attached hydrogens (tertiary/aromatic N) is 5. The van der Waals surface area contributed by atoms with Gasteiger partial charge in [0, 0.05) is 51.2 Å². The van der Waals surface area contributed by atoms with Gasteiger partial charge in [0.15, 0.2) is 5.65 Å². The number of fused-ring (bicyclic) bond motifs is 1. The molecule has 1 atom stereocenters. The Morgan fingerprint density at radius 1 is 1.14 bits per heavy atom. The maximum absolute atomic E-state index is 4.51.